The first-order valence-corrected chi connectivity index (χ1v) is 12.2. The van der Waals surface area contributed by atoms with Crippen LogP contribution in [0, 0.1) is 17.8 Å². The Labute approximate surface area is 191 Å². The van der Waals surface area contributed by atoms with Gasteiger partial charge in [0.1, 0.15) is 0 Å². The summed E-state index contributed by atoms with van der Waals surface area (Å²) >= 11 is 0. The van der Waals surface area contributed by atoms with Gasteiger partial charge in [0.05, 0.1) is 0 Å². The number of benzene rings is 3. The molecule has 0 fully saturated rings. The quantitative estimate of drug-likeness (QED) is 0.441. The van der Waals surface area contributed by atoms with E-state index in [1.807, 2.05) is 0 Å². The Morgan fingerprint density at radius 1 is 0.688 bits per heavy atom. The van der Waals surface area contributed by atoms with Gasteiger partial charge < -0.3 is 0 Å². The summed E-state index contributed by atoms with van der Waals surface area (Å²) in [6.07, 6.45) is 11.6. The summed E-state index contributed by atoms with van der Waals surface area (Å²) in [5.41, 5.74) is 9.05. The molecule has 0 heterocycles. The van der Waals surface area contributed by atoms with E-state index in [1.165, 1.54) is 51.1 Å². The first kappa shape index (κ1) is 19.6. The van der Waals surface area contributed by atoms with Crippen molar-refractivity contribution >= 4 is 11.1 Å². The highest BCUT2D eigenvalue weighted by Crippen LogP contribution is 2.53. The average Bonchev–Trinajstić information content (AvgIpc) is 3.36. The van der Waals surface area contributed by atoms with E-state index in [1.54, 1.807) is 5.57 Å². The van der Waals surface area contributed by atoms with E-state index in [4.69, 9.17) is 0 Å². The maximum absolute atomic E-state index is 2.43. The smallest absolute Gasteiger partial charge is 0.0249 e. The highest BCUT2D eigenvalue weighted by atomic mass is 14.4. The van der Waals surface area contributed by atoms with Gasteiger partial charge in [0.15, 0.2) is 0 Å². The number of hydrogen-bond donors (Lipinski definition) is 0. The fourth-order valence-corrected chi connectivity index (χ4v) is 6.82. The monoisotopic (exact) mass is 414 g/mol. The minimum atomic E-state index is 0.420. The van der Waals surface area contributed by atoms with Crippen molar-refractivity contribution in [1.82, 2.24) is 0 Å². The second kappa shape index (κ2) is 7.78. The second-order valence-electron chi connectivity index (χ2n) is 9.42. The van der Waals surface area contributed by atoms with Crippen molar-refractivity contribution in [3.05, 3.63) is 119 Å². The molecule has 0 amide bonds. The summed E-state index contributed by atoms with van der Waals surface area (Å²) < 4.78 is 0. The van der Waals surface area contributed by atoms with Crippen LogP contribution in [0.4, 0.5) is 0 Å². The highest BCUT2D eigenvalue weighted by Gasteiger charge is 2.40. The van der Waals surface area contributed by atoms with E-state index >= 15 is 0 Å². The molecule has 0 bridgehead atoms. The summed E-state index contributed by atoms with van der Waals surface area (Å²) in [6, 6.07) is 27.3. The first-order chi connectivity index (χ1) is 15.8. The minimum absolute atomic E-state index is 0.420. The van der Waals surface area contributed by atoms with Crippen molar-refractivity contribution < 1.29 is 0 Å². The van der Waals surface area contributed by atoms with Crippen LogP contribution in [0.5, 0.6) is 0 Å². The molecule has 0 heteroatoms. The lowest BCUT2D eigenvalue weighted by Gasteiger charge is -2.35. The molecule has 32 heavy (non-hydrogen) atoms. The molecule has 0 nitrogen and oxygen atoms in total. The molecule has 3 aliphatic rings. The Hall–Kier alpha value is -3.12. The topological polar surface area (TPSA) is 0 Å². The standard InChI is InChI=1S/C32H30/c1-3-21(31-27-17-9-5-13-23(27)24-14-6-10-18-28(24)31)22(4-2)32-29-19-11-7-15-25(29)26-16-8-12-20-30(26)32/h5-22,27,32H,3-4H2,1-2H3. The van der Waals surface area contributed by atoms with Gasteiger partial charge in [-0.25, -0.2) is 0 Å². The molecule has 3 aliphatic carbocycles. The van der Waals surface area contributed by atoms with Gasteiger partial charge >= 0.3 is 0 Å². The van der Waals surface area contributed by atoms with Gasteiger partial charge in [-0.3, -0.25) is 0 Å². The predicted octanol–water partition coefficient (Wildman–Crippen LogP) is 6.61. The van der Waals surface area contributed by atoms with Crippen LogP contribution in [-0.4, -0.2) is 0 Å². The van der Waals surface area contributed by atoms with Crippen molar-refractivity contribution in [2.75, 3.05) is 0 Å². The van der Waals surface area contributed by atoms with Gasteiger partial charge in [0.25, 0.3) is 0 Å². The lowest BCUT2D eigenvalue weighted by Crippen LogP contribution is -2.30. The van der Waals surface area contributed by atoms with E-state index in [0.717, 1.165) is 0 Å². The Bertz CT molecular complexity index is 1320. The maximum Gasteiger partial charge on any atom is 0.0249 e. The minimum Gasteiger partial charge on any atom is -0.0729 e. The van der Waals surface area contributed by atoms with Gasteiger partial charge in [-0.1, -0.05) is 117 Å². The number of fused-ring (bicyclic) bond motifs is 5. The SMILES string of the molecule is CCC(C1=c2ccccc2=C2C=CC=CC21)C(CC)C1c2ccccc2-c2ccccc21. The number of allylic oxidation sites excluding steroid dienone is 4. The van der Waals surface area contributed by atoms with Crippen LogP contribution >= 0.6 is 0 Å². The van der Waals surface area contributed by atoms with Gasteiger partial charge in [-0.15, -0.1) is 0 Å². The summed E-state index contributed by atoms with van der Waals surface area (Å²) in [5.74, 6) is 2.00. The van der Waals surface area contributed by atoms with Gasteiger partial charge in [-0.05, 0) is 62.1 Å². The van der Waals surface area contributed by atoms with Crippen LogP contribution in [0.25, 0.3) is 22.3 Å². The molecule has 3 aromatic rings. The molecule has 0 N–H and O–H groups in total. The Morgan fingerprint density at radius 3 is 1.97 bits per heavy atom. The molecule has 0 saturated heterocycles. The third-order valence-electron chi connectivity index (χ3n) is 8.05. The second-order valence-corrected chi connectivity index (χ2v) is 9.42. The molecule has 3 aromatic carbocycles. The van der Waals surface area contributed by atoms with E-state index in [-0.39, 0.29) is 0 Å². The van der Waals surface area contributed by atoms with Crippen LogP contribution < -0.4 is 10.4 Å². The molecule has 0 radical (unpaired) electrons. The van der Waals surface area contributed by atoms with E-state index in [9.17, 15) is 0 Å². The molecule has 0 aliphatic heterocycles. The zero-order chi connectivity index (χ0) is 21.7. The van der Waals surface area contributed by atoms with Crippen LogP contribution in [0.3, 0.4) is 0 Å². The molecule has 0 spiro atoms. The van der Waals surface area contributed by atoms with Gasteiger partial charge in [-0.2, -0.15) is 0 Å². The van der Waals surface area contributed by atoms with Crippen molar-refractivity contribution in [3.63, 3.8) is 0 Å². The third kappa shape index (κ3) is 2.75. The summed E-state index contributed by atoms with van der Waals surface area (Å²) in [5, 5.41) is 2.92. The molecule has 0 aromatic heterocycles. The maximum atomic E-state index is 2.43. The summed E-state index contributed by atoms with van der Waals surface area (Å²) in [7, 11) is 0. The Balaban J connectivity index is 1.55. The fraction of sp³-hybridized carbons (Fsp3) is 0.250. The molecular weight excluding hydrogens is 384 g/mol. The van der Waals surface area contributed by atoms with E-state index in [2.05, 4.69) is 111 Å². The highest BCUT2D eigenvalue weighted by molar-refractivity contribution is 5.82. The van der Waals surface area contributed by atoms with E-state index < -0.39 is 0 Å². The van der Waals surface area contributed by atoms with Crippen LogP contribution in [0.1, 0.15) is 43.7 Å². The van der Waals surface area contributed by atoms with Crippen LogP contribution in [0.15, 0.2) is 97.1 Å². The third-order valence-corrected chi connectivity index (χ3v) is 8.05. The zero-order valence-electron chi connectivity index (χ0n) is 19.0. The number of hydrogen-bond acceptors (Lipinski definition) is 0. The van der Waals surface area contributed by atoms with Crippen molar-refractivity contribution in [1.29, 1.82) is 0 Å². The average molecular weight is 415 g/mol. The summed E-state index contributed by atoms with van der Waals surface area (Å²) in [4.78, 5) is 0. The normalized spacial score (nSPS) is 20.0. The van der Waals surface area contributed by atoms with Crippen molar-refractivity contribution in [2.24, 2.45) is 17.8 Å². The molecule has 3 atom stereocenters. The van der Waals surface area contributed by atoms with E-state index in [0.29, 0.717) is 23.7 Å². The molecule has 3 unspecified atom stereocenters. The van der Waals surface area contributed by atoms with Crippen molar-refractivity contribution in [2.45, 2.75) is 32.6 Å². The van der Waals surface area contributed by atoms with Crippen molar-refractivity contribution in [3.8, 4) is 11.1 Å². The van der Waals surface area contributed by atoms with Crippen LogP contribution in [-0.2, 0) is 0 Å². The largest absolute Gasteiger partial charge is 0.0729 e. The lowest BCUT2D eigenvalue weighted by atomic mass is 9.68. The van der Waals surface area contributed by atoms with Crippen LogP contribution in [0.2, 0.25) is 0 Å². The Kier molecular flexibility index (Phi) is 4.76. The molecule has 0 saturated carbocycles. The molecule has 158 valence electrons. The summed E-state index contributed by atoms with van der Waals surface area (Å²) in [6.45, 7) is 4.80. The molecule has 6 rings (SSSR count). The lowest BCUT2D eigenvalue weighted by molar-refractivity contribution is 0.341. The zero-order valence-corrected chi connectivity index (χ0v) is 19.0. The first-order valence-electron chi connectivity index (χ1n) is 12.2. The Morgan fingerprint density at radius 2 is 1.31 bits per heavy atom. The van der Waals surface area contributed by atoms with Gasteiger partial charge in [0, 0.05) is 11.8 Å². The van der Waals surface area contributed by atoms with Gasteiger partial charge in [0.2, 0.25) is 0 Å². The molecular formula is C32H30. The number of rotatable bonds is 5. The fourth-order valence-electron chi connectivity index (χ4n) is 6.82. The predicted molar refractivity (Wildman–Crippen MR) is 136 cm³/mol.